The van der Waals surface area contributed by atoms with E-state index in [0.717, 1.165) is 25.7 Å². The third-order valence-corrected chi connectivity index (χ3v) is 5.98. The maximum Gasteiger partial charge on any atom is 0.287 e. The molecule has 0 unspecified atom stereocenters. The molecule has 3 amide bonds. The Kier molecular flexibility index (Phi) is 7.77. The molecule has 3 aromatic rings. The second-order valence-electron chi connectivity index (χ2n) is 8.30. The number of hydrogen-bond acceptors (Lipinski definition) is 6. The van der Waals surface area contributed by atoms with E-state index in [2.05, 4.69) is 15.6 Å². The number of furan rings is 1. The smallest absolute Gasteiger partial charge is 0.287 e. The van der Waals surface area contributed by atoms with Gasteiger partial charge in [-0.25, -0.2) is 0 Å². The fourth-order valence-electron chi connectivity index (χ4n) is 4.22. The van der Waals surface area contributed by atoms with Gasteiger partial charge in [0.25, 0.3) is 5.91 Å². The summed E-state index contributed by atoms with van der Waals surface area (Å²) in [5.74, 6) is -0.562. The van der Waals surface area contributed by atoms with Crippen molar-refractivity contribution < 1.29 is 23.5 Å². The van der Waals surface area contributed by atoms with Crippen LogP contribution in [0, 0.1) is 0 Å². The highest BCUT2D eigenvalue weighted by atomic mass is 16.5. The minimum Gasteiger partial charge on any atom is -0.497 e. The van der Waals surface area contributed by atoms with Gasteiger partial charge in [0, 0.05) is 12.2 Å². The Labute approximate surface area is 203 Å². The summed E-state index contributed by atoms with van der Waals surface area (Å²) in [5, 5.41) is 5.69. The Balaban J connectivity index is 1.66. The molecule has 9 heteroatoms. The molecule has 1 saturated carbocycles. The SMILES string of the molecule is COc1ccc([C@H](C(=O)NC2CCCC2)N(C(=O)CNC(=O)c2ccco2)c2cccnc2)cc1. The lowest BCUT2D eigenvalue weighted by Crippen LogP contribution is -2.49. The van der Waals surface area contributed by atoms with Gasteiger partial charge in [-0.05, 0) is 54.8 Å². The number of anilines is 1. The second-order valence-corrected chi connectivity index (χ2v) is 8.30. The van der Waals surface area contributed by atoms with Gasteiger partial charge in [-0.15, -0.1) is 0 Å². The largest absolute Gasteiger partial charge is 0.497 e. The molecule has 0 radical (unpaired) electrons. The van der Waals surface area contributed by atoms with Crippen LogP contribution in [0.2, 0.25) is 0 Å². The number of hydrogen-bond donors (Lipinski definition) is 2. The molecule has 182 valence electrons. The monoisotopic (exact) mass is 476 g/mol. The molecule has 9 nitrogen and oxygen atoms in total. The number of amides is 3. The minimum atomic E-state index is -0.973. The molecule has 0 aliphatic heterocycles. The number of carbonyl (C=O) groups is 3. The maximum atomic E-state index is 13.6. The van der Waals surface area contributed by atoms with Crippen molar-refractivity contribution in [1.82, 2.24) is 15.6 Å². The molecule has 4 rings (SSSR count). The average Bonchev–Trinajstić information content (AvgIpc) is 3.61. The number of benzene rings is 1. The van der Waals surface area contributed by atoms with Crippen LogP contribution < -0.4 is 20.3 Å². The fraction of sp³-hybridized carbons (Fsp3) is 0.308. The van der Waals surface area contributed by atoms with Gasteiger partial charge in [0.05, 0.1) is 31.8 Å². The molecule has 1 aliphatic carbocycles. The number of pyridine rings is 1. The van der Waals surface area contributed by atoms with Crippen molar-refractivity contribution in [3.8, 4) is 5.75 Å². The summed E-state index contributed by atoms with van der Waals surface area (Å²) in [6.07, 6.45) is 8.41. The highest BCUT2D eigenvalue weighted by Crippen LogP contribution is 2.30. The first kappa shape index (κ1) is 24.0. The molecule has 0 spiro atoms. The predicted molar refractivity (Wildman–Crippen MR) is 129 cm³/mol. The van der Waals surface area contributed by atoms with Crippen LogP contribution in [0.1, 0.15) is 47.8 Å². The van der Waals surface area contributed by atoms with Gasteiger partial charge in [-0.3, -0.25) is 24.3 Å². The fourth-order valence-corrected chi connectivity index (χ4v) is 4.22. The van der Waals surface area contributed by atoms with Crippen LogP contribution in [0.15, 0.2) is 71.6 Å². The summed E-state index contributed by atoms with van der Waals surface area (Å²) < 4.78 is 10.4. The Morgan fingerprint density at radius 2 is 1.89 bits per heavy atom. The first-order chi connectivity index (χ1) is 17.1. The van der Waals surface area contributed by atoms with Crippen molar-refractivity contribution in [2.45, 2.75) is 37.8 Å². The van der Waals surface area contributed by atoms with Crippen molar-refractivity contribution in [3.63, 3.8) is 0 Å². The van der Waals surface area contributed by atoms with Crippen molar-refractivity contribution in [1.29, 1.82) is 0 Å². The first-order valence-electron chi connectivity index (χ1n) is 11.5. The molecule has 2 heterocycles. The van der Waals surface area contributed by atoms with E-state index in [1.807, 2.05) is 0 Å². The van der Waals surface area contributed by atoms with Crippen LogP contribution in [0.3, 0.4) is 0 Å². The van der Waals surface area contributed by atoms with Crippen LogP contribution >= 0.6 is 0 Å². The highest BCUT2D eigenvalue weighted by molar-refractivity contribution is 6.04. The Morgan fingerprint density at radius 3 is 2.51 bits per heavy atom. The summed E-state index contributed by atoms with van der Waals surface area (Å²) >= 11 is 0. The van der Waals surface area contributed by atoms with E-state index in [-0.39, 0.29) is 24.3 Å². The summed E-state index contributed by atoms with van der Waals surface area (Å²) in [5.41, 5.74) is 1.04. The molecule has 35 heavy (non-hydrogen) atoms. The predicted octanol–water partition coefficient (Wildman–Crippen LogP) is 3.25. The van der Waals surface area contributed by atoms with Crippen molar-refractivity contribution in [2.75, 3.05) is 18.6 Å². The van der Waals surface area contributed by atoms with Crippen LogP contribution in [-0.2, 0) is 9.59 Å². The summed E-state index contributed by atoms with van der Waals surface area (Å²) in [6, 6.07) is 12.6. The third kappa shape index (κ3) is 5.87. The number of rotatable bonds is 9. The van der Waals surface area contributed by atoms with Crippen molar-refractivity contribution >= 4 is 23.4 Å². The summed E-state index contributed by atoms with van der Waals surface area (Å²) in [7, 11) is 1.56. The molecule has 1 fully saturated rings. The van der Waals surface area contributed by atoms with E-state index >= 15 is 0 Å². The standard InChI is InChI=1S/C26H28N4O5/c1-34-21-12-10-18(11-13-21)24(26(33)29-19-6-2-3-7-19)30(20-8-4-14-27-16-20)23(31)17-28-25(32)22-9-5-15-35-22/h4-5,8-16,19,24H,2-3,6-7,17H2,1H3,(H,28,32)(H,29,33)/t24-/m1/s1. The zero-order valence-electron chi connectivity index (χ0n) is 19.5. The van der Waals surface area contributed by atoms with Gasteiger partial charge in [0.1, 0.15) is 11.8 Å². The molecular formula is C26H28N4O5. The molecule has 0 saturated heterocycles. The van der Waals surface area contributed by atoms with Crippen LogP contribution in [0.5, 0.6) is 5.75 Å². The topological polar surface area (TPSA) is 114 Å². The normalized spacial score (nSPS) is 14.2. The minimum absolute atomic E-state index is 0.0627. The molecule has 1 aromatic carbocycles. The quantitative estimate of drug-likeness (QED) is 0.490. The zero-order valence-corrected chi connectivity index (χ0v) is 19.5. The van der Waals surface area contributed by atoms with Gasteiger partial charge in [-0.1, -0.05) is 25.0 Å². The number of nitrogens with zero attached hydrogens (tertiary/aromatic N) is 2. The van der Waals surface area contributed by atoms with Crippen LogP contribution in [0.25, 0.3) is 0 Å². The summed E-state index contributed by atoms with van der Waals surface area (Å²) in [6.45, 7) is -0.336. The number of carbonyl (C=O) groups excluding carboxylic acids is 3. The molecule has 0 bridgehead atoms. The highest BCUT2D eigenvalue weighted by Gasteiger charge is 2.34. The van der Waals surface area contributed by atoms with Gasteiger partial charge in [-0.2, -0.15) is 0 Å². The van der Waals surface area contributed by atoms with Crippen LogP contribution in [0.4, 0.5) is 5.69 Å². The molecule has 1 atom stereocenters. The number of aromatic nitrogens is 1. The molecule has 2 aromatic heterocycles. The Hall–Kier alpha value is -4.14. The van der Waals surface area contributed by atoms with Gasteiger partial charge in [0.2, 0.25) is 11.8 Å². The van der Waals surface area contributed by atoms with Gasteiger partial charge < -0.3 is 19.8 Å². The number of methoxy groups -OCH3 is 1. The van der Waals surface area contributed by atoms with E-state index in [0.29, 0.717) is 17.0 Å². The Bertz CT molecular complexity index is 1130. The summed E-state index contributed by atoms with van der Waals surface area (Å²) in [4.78, 5) is 45.1. The maximum absolute atomic E-state index is 13.6. The zero-order chi connectivity index (χ0) is 24.6. The third-order valence-electron chi connectivity index (χ3n) is 5.98. The number of nitrogens with one attached hydrogen (secondary N) is 2. The number of ether oxygens (including phenoxy) is 1. The lowest BCUT2D eigenvalue weighted by molar-refractivity contribution is -0.126. The van der Waals surface area contributed by atoms with E-state index in [9.17, 15) is 14.4 Å². The lowest BCUT2D eigenvalue weighted by atomic mass is 10.0. The van der Waals surface area contributed by atoms with E-state index in [1.54, 1.807) is 55.8 Å². The van der Waals surface area contributed by atoms with Gasteiger partial charge in [0.15, 0.2) is 5.76 Å². The molecule has 2 N–H and O–H groups in total. The molecule has 1 aliphatic rings. The van der Waals surface area contributed by atoms with Gasteiger partial charge >= 0.3 is 0 Å². The van der Waals surface area contributed by atoms with Crippen molar-refractivity contribution in [2.24, 2.45) is 0 Å². The average molecular weight is 477 g/mol. The van der Waals surface area contributed by atoms with E-state index in [4.69, 9.17) is 9.15 Å². The van der Waals surface area contributed by atoms with Crippen molar-refractivity contribution in [3.05, 3.63) is 78.5 Å². The first-order valence-corrected chi connectivity index (χ1v) is 11.5. The molecular weight excluding hydrogens is 448 g/mol. The Morgan fingerprint density at radius 1 is 1.11 bits per heavy atom. The van der Waals surface area contributed by atoms with Crippen LogP contribution in [-0.4, -0.2) is 42.4 Å². The van der Waals surface area contributed by atoms with E-state index in [1.165, 1.54) is 23.4 Å². The van der Waals surface area contributed by atoms with E-state index < -0.39 is 17.9 Å². The lowest BCUT2D eigenvalue weighted by Gasteiger charge is -2.32. The second kappa shape index (κ2) is 11.3.